The molecular weight excluding hydrogens is 336 g/mol. The highest BCUT2D eigenvalue weighted by Crippen LogP contribution is 2.36. The van der Waals surface area contributed by atoms with Gasteiger partial charge in [0, 0.05) is 18.7 Å². The number of aliphatic hydroxyl groups excluding tert-OH is 1. The lowest BCUT2D eigenvalue weighted by Gasteiger charge is -2.27. The smallest absolute Gasteiger partial charge is 0.259 e. The van der Waals surface area contributed by atoms with Gasteiger partial charge in [-0.05, 0) is 44.4 Å². The Kier molecular flexibility index (Phi) is 5.46. The third-order valence-corrected chi connectivity index (χ3v) is 4.61. The van der Waals surface area contributed by atoms with Crippen LogP contribution in [0.5, 0.6) is 11.5 Å². The monoisotopic (exact) mass is 360 g/mol. The normalized spacial score (nSPS) is 15.6. The van der Waals surface area contributed by atoms with Crippen molar-refractivity contribution in [3.8, 4) is 22.8 Å². The van der Waals surface area contributed by atoms with Crippen LogP contribution in [0.15, 0.2) is 22.7 Å². The summed E-state index contributed by atoms with van der Waals surface area (Å²) in [5.74, 6) is 1.14. The minimum absolute atomic E-state index is 0.161. The van der Waals surface area contributed by atoms with E-state index in [2.05, 4.69) is 5.16 Å². The van der Waals surface area contributed by atoms with E-state index in [9.17, 15) is 9.90 Å². The number of ether oxygens (including phenoxy) is 2. The molecule has 26 heavy (non-hydrogen) atoms. The van der Waals surface area contributed by atoms with Gasteiger partial charge >= 0.3 is 0 Å². The highest BCUT2D eigenvalue weighted by Gasteiger charge is 2.30. The average molecular weight is 360 g/mol. The summed E-state index contributed by atoms with van der Waals surface area (Å²) < 4.78 is 15.9. The van der Waals surface area contributed by atoms with E-state index in [1.54, 1.807) is 44.2 Å². The Bertz CT molecular complexity index is 778. The fourth-order valence-electron chi connectivity index (χ4n) is 3.23. The Morgan fingerprint density at radius 2 is 1.88 bits per heavy atom. The molecule has 140 valence electrons. The van der Waals surface area contributed by atoms with Crippen LogP contribution in [0.4, 0.5) is 0 Å². The molecule has 1 aromatic heterocycles. The molecule has 2 aromatic rings. The van der Waals surface area contributed by atoms with Gasteiger partial charge in [-0.1, -0.05) is 5.16 Å². The Balaban J connectivity index is 2.06. The largest absolute Gasteiger partial charge is 0.493 e. The summed E-state index contributed by atoms with van der Waals surface area (Å²) in [6, 6.07) is 5.29. The van der Waals surface area contributed by atoms with Crippen molar-refractivity contribution in [3.05, 3.63) is 29.5 Å². The van der Waals surface area contributed by atoms with Crippen LogP contribution in [0.25, 0.3) is 11.3 Å². The third kappa shape index (κ3) is 3.39. The second-order valence-electron chi connectivity index (χ2n) is 6.37. The van der Waals surface area contributed by atoms with Crippen LogP contribution < -0.4 is 9.47 Å². The van der Waals surface area contributed by atoms with E-state index in [1.165, 1.54) is 0 Å². The van der Waals surface area contributed by atoms with Crippen molar-refractivity contribution in [1.82, 2.24) is 10.1 Å². The first-order chi connectivity index (χ1) is 12.6. The Morgan fingerprint density at radius 3 is 2.50 bits per heavy atom. The van der Waals surface area contributed by atoms with Crippen molar-refractivity contribution in [3.63, 3.8) is 0 Å². The summed E-state index contributed by atoms with van der Waals surface area (Å²) in [4.78, 5) is 14.9. The number of hydrogen-bond donors (Lipinski definition) is 1. The quantitative estimate of drug-likeness (QED) is 0.882. The summed E-state index contributed by atoms with van der Waals surface area (Å²) in [6.45, 7) is 2.97. The van der Waals surface area contributed by atoms with Crippen LogP contribution in [0.1, 0.15) is 48.4 Å². The van der Waals surface area contributed by atoms with Gasteiger partial charge in [0.15, 0.2) is 17.3 Å². The Labute approximate surface area is 152 Å². The lowest BCUT2D eigenvalue weighted by molar-refractivity contribution is 0.0713. The fourth-order valence-corrected chi connectivity index (χ4v) is 3.23. The lowest BCUT2D eigenvalue weighted by atomic mass is 10.0. The van der Waals surface area contributed by atoms with Gasteiger partial charge in [-0.2, -0.15) is 0 Å². The number of amides is 1. The predicted octanol–water partition coefficient (Wildman–Crippen LogP) is 3.04. The molecule has 0 bridgehead atoms. The zero-order valence-electron chi connectivity index (χ0n) is 15.3. The van der Waals surface area contributed by atoms with E-state index in [4.69, 9.17) is 14.0 Å². The number of methoxy groups -OCH3 is 2. The van der Waals surface area contributed by atoms with Gasteiger partial charge in [0.05, 0.1) is 14.2 Å². The maximum absolute atomic E-state index is 13.1. The molecule has 0 saturated carbocycles. The van der Waals surface area contributed by atoms with E-state index < -0.39 is 6.10 Å². The van der Waals surface area contributed by atoms with Crippen molar-refractivity contribution >= 4 is 5.91 Å². The number of carbonyl (C=O) groups excluding carboxylic acids is 1. The Morgan fingerprint density at radius 1 is 1.19 bits per heavy atom. The highest BCUT2D eigenvalue weighted by molar-refractivity contribution is 6.01. The zero-order chi connectivity index (χ0) is 18.7. The number of nitrogens with zero attached hydrogens (tertiary/aromatic N) is 2. The molecule has 1 atom stereocenters. The van der Waals surface area contributed by atoms with E-state index in [0.29, 0.717) is 41.4 Å². The van der Waals surface area contributed by atoms with Gasteiger partial charge in [0.25, 0.3) is 5.91 Å². The van der Waals surface area contributed by atoms with E-state index >= 15 is 0 Å². The van der Waals surface area contributed by atoms with Crippen LogP contribution >= 0.6 is 0 Å². The van der Waals surface area contributed by atoms with Gasteiger partial charge in [0.2, 0.25) is 0 Å². The number of aliphatic hydroxyl groups is 1. The number of rotatable bonds is 5. The molecule has 0 aliphatic carbocycles. The zero-order valence-corrected chi connectivity index (χ0v) is 15.3. The molecule has 1 aliphatic heterocycles. The van der Waals surface area contributed by atoms with Crippen LogP contribution in [0, 0.1) is 0 Å². The maximum Gasteiger partial charge on any atom is 0.259 e. The number of hydrogen-bond acceptors (Lipinski definition) is 6. The van der Waals surface area contributed by atoms with Gasteiger partial charge in [-0.3, -0.25) is 4.79 Å². The molecule has 1 aliphatic rings. The summed E-state index contributed by atoms with van der Waals surface area (Å²) in [7, 11) is 3.11. The number of piperidine rings is 1. The number of aromatic nitrogens is 1. The number of carbonyl (C=O) groups is 1. The second-order valence-corrected chi connectivity index (χ2v) is 6.37. The molecule has 0 radical (unpaired) electrons. The molecule has 3 rings (SSSR count). The van der Waals surface area contributed by atoms with Gasteiger partial charge in [-0.25, -0.2) is 0 Å². The molecular formula is C19H24N2O5. The summed E-state index contributed by atoms with van der Waals surface area (Å²) >= 11 is 0. The first-order valence-electron chi connectivity index (χ1n) is 8.76. The molecule has 1 aromatic carbocycles. The first-order valence-corrected chi connectivity index (χ1v) is 8.76. The predicted molar refractivity (Wildman–Crippen MR) is 95.4 cm³/mol. The van der Waals surface area contributed by atoms with E-state index in [-0.39, 0.29) is 11.7 Å². The van der Waals surface area contributed by atoms with Crippen LogP contribution in [0.3, 0.4) is 0 Å². The second kappa shape index (κ2) is 7.78. The van der Waals surface area contributed by atoms with Crippen molar-refractivity contribution < 1.29 is 23.9 Å². The van der Waals surface area contributed by atoms with Crippen LogP contribution in [-0.2, 0) is 0 Å². The Hall–Kier alpha value is -2.54. The molecule has 1 amide bonds. The lowest BCUT2D eigenvalue weighted by Crippen LogP contribution is -2.36. The minimum atomic E-state index is -0.930. The SMILES string of the molecule is COc1ccc(-c2noc(C(C)O)c2C(=O)N2CCCCC2)cc1OC. The molecule has 1 saturated heterocycles. The maximum atomic E-state index is 13.1. The highest BCUT2D eigenvalue weighted by atomic mass is 16.5. The number of likely N-dealkylation sites (tertiary alicyclic amines) is 1. The van der Waals surface area contributed by atoms with Gasteiger partial charge in [0.1, 0.15) is 17.4 Å². The number of benzene rings is 1. The molecule has 1 fully saturated rings. The van der Waals surface area contributed by atoms with Crippen LogP contribution in [0.2, 0.25) is 0 Å². The van der Waals surface area contributed by atoms with Crippen LogP contribution in [-0.4, -0.2) is 48.4 Å². The van der Waals surface area contributed by atoms with Crippen molar-refractivity contribution in [1.29, 1.82) is 0 Å². The van der Waals surface area contributed by atoms with E-state index in [1.807, 2.05) is 0 Å². The van der Waals surface area contributed by atoms with Crippen molar-refractivity contribution in [2.24, 2.45) is 0 Å². The molecule has 2 heterocycles. The van der Waals surface area contributed by atoms with E-state index in [0.717, 1.165) is 19.3 Å². The molecule has 0 spiro atoms. The standard InChI is InChI=1S/C19H24N2O5/c1-12(22)18-16(19(23)21-9-5-4-6-10-21)17(20-26-18)13-7-8-14(24-2)15(11-13)25-3/h7-8,11-12,22H,4-6,9-10H2,1-3H3. The summed E-state index contributed by atoms with van der Waals surface area (Å²) in [5.41, 5.74) is 1.38. The van der Waals surface area contributed by atoms with Crippen molar-refractivity contribution in [2.45, 2.75) is 32.3 Å². The molecule has 1 unspecified atom stereocenters. The minimum Gasteiger partial charge on any atom is -0.493 e. The average Bonchev–Trinajstić information content (AvgIpc) is 3.12. The van der Waals surface area contributed by atoms with Gasteiger partial charge in [-0.15, -0.1) is 0 Å². The first kappa shape index (κ1) is 18.3. The fraction of sp³-hybridized carbons (Fsp3) is 0.474. The topological polar surface area (TPSA) is 85.0 Å². The third-order valence-electron chi connectivity index (χ3n) is 4.61. The molecule has 7 nitrogen and oxygen atoms in total. The molecule has 1 N–H and O–H groups in total. The summed E-state index contributed by atoms with van der Waals surface area (Å²) in [6.07, 6.45) is 2.15. The van der Waals surface area contributed by atoms with Crippen molar-refractivity contribution in [2.75, 3.05) is 27.3 Å². The summed E-state index contributed by atoms with van der Waals surface area (Å²) in [5, 5.41) is 14.1. The van der Waals surface area contributed by atoms with Gasteiger partial charge < -0.3 is 24.0 Å². The molecule has 7 heteroatoms.